The van der Waals surface area contributed by atoms with Crippen molar-refractivity contribution in [3.05, 3.63) is 27.7 Å². The Bertz CT molecular complexity index is 660. The topological polar surface area (TPSA) is 105 Å². The summed E-state index contributed by atoms with van der Waals surface area (Å²) in [7, 11) is 0. The molecular weight excluding hydrogens is 346 g/mol. The first-order valence-electron chi connectivity index (χ1n) is 5.67. The van der Waals surface area contributed by atoms with Crippen molar-refractivity contribution >= 4 is 49.7 Å². The van der Waals surface area contributed by atoms with E-state index in [0.29, 0.717) is 16.7 Å². The van der Waals surface area contributed by atoms with Crippen molar-refractivity contribution in [3.8, 4) is 0 Å². The Kier molecular flexibility index (Phi) is 4.48. The van der Waals surface area contributed by atoms with Gasteiger partial charge in [0.1, 0.15) is 11.8 Å². The number of nitrogens with zero attached hydrogens (tertiary/aromatic N) is 1. The molecule has 2 rings (SSSR count). The average Bonchev–Trinajstić information content (AvgIpc) is 2.90. The number of aromatic nitrogens is 1. The van der Waals surface area contributed by atoms with Crippen molar-refractivity contribution in [3.63, 3.8) is 0 Å². The number of fused-ring (bicyclic) bond motifs is 1. The summed E-state index contributed by atoms with van der Waals surface area (Å²) in [6.45, 7) is -0.662. The van der Waals surface area contributed by atoms with Gasteiger partial charge >= 0.3 is 0 Å². The van der Waals surface area contributed by atoms with Gasteiger partial charge in [0.15, 0.2) is 0 Å². The molecule has 4 N–H and O–H groups in total. The van der Waals surface area contributed by atoms with Crippen molar-refractivity contribution in [2.24, 2.45) is 5.73 Å². The maximum absolute atomic E-state index is 12.0. The van der Waals surface area contributed by atoms with Crippen LogP contribution < -0.4 is 11.1 Å². The van der Waals surface area contributed by atoms with Crippen LogP contribution in [0.1, 0.15) is 9.67 Å². The fourth-order valence-electron chi connectivity index (χ4n) is 1.49. The molecule has 1 atom stereocenters. The van der Waals surface area contributed by atoms with Gasteiger partial charge in [-0.3, -0.25) is 9.78 Å². The van der Waals surface area contributed by atoms with Crippen LogP contribution in [0.5, 0.6) is 0 Å². The van der Waals surface area contributed by atoms with E-state index in [-0.39, 0.29) is 12.5 Å². The summed E-state index contributed by atoms with van der Waals surface area (Å²) in [6.07, 6.45) is 2.07. The number of thiophene rings is 1. The normalized spacial score (nSPS) is 13.9. The molecule has 0 aliphatic heterocycles. The minimum atomic E-state index is -1.45. The number of pyridine rings is 1. The second-order valence-electron chi connectivity index (χ2n) is 4.31. The van der Waals surface area contributed by atoms with E-state index >= 15 is 0 Å². The van der Waals surface area contributed by atoms with E-state index in [0.717, 1.165) is 9.17 Å². The van der Waals surface area contributed by atoms with Gasteiger partial charge < -0.3 is 21.0 Å². The van der Waals surface area contributed by atoms with E-state index < -0.39 is 12.1 Å². The fourth-order valence-corrected chi connectivity index (χ4v) is 2.99. The highest BCUT2D eigenvalue weighted by atomic mass is 79.9. The molecule has 2 heterocycles. The summed E-state index contributed by atoms with van der Waals surface area (Å²) in [5, 5.41) is 11.5. The Morgan fingerprint density at radius 2 is 2.40 bits per heavy atom. The first kappa shape index (κ1) is 15.0. The van der Waals surface area contributed by atoms with E-state index in [9.17, 15) is 9.59 Å². The Morgan fingerprint density at radius 3 is 3.00 bits per heavy atom. The smallest absolute Gasteiger partial charge is 0.261 e. The Labute approximate surface area is 127 Å². The largest absolute Gasteiger partial charge is 0.394 e. The summed E-state index contributed by atoms with van der Waals surface area (Å²) in [5.74, 6) is -0.356. The van der Waals surface area contributed by atoms with Crippen molar-refractivity contribution in [2.75, 3.05) is 13.2 Å². The molecule has 0 aromatic carbocycles. The summed E-state index contributed by atoms with van der Waals surface area (Å²) >= 11 is 4.68. The van der Waals surface area contributed by atoms with Crippen molar-refractivity contribution in [2.45, 2.75) is 5.54 Å². The number of aliphatic hydroxyl groups is 1. The molecule has 0 radical (unpaired) electrons. The maximum Gasteiger partial charge on any atom is 0.261 e. The van der Waals surface area contributed by atoms with E-state index in [1.54, 1.807) is 18.3 Å². The number of nitrogens with one attached hydrogen (secondary N) is 1. The zero-order valence-corrected chi connectivity index (χ0v) is 12.7. The van der Waals surface area contributed by atoms with Crippen LogP contribution in [0.3, 0.4) is 0 Å². The molecule has 0 saturated carbocycles. The molecule has 0 unspecified atom stereocenters. The van der Waals surface area contributed by atoms with Gasteiger partial charge in [0.05, 0.1) is 21.7 Å². The molecule has 6 nitrogen and oxygen atoms in total. The molecule has 106 valence electrons. The van der Waals surface area contributed by atoms with Crippen LogP contribution in [0.2, 0.25) is 0 Å². The Balaban J connectivity index is 2.16. The molecule has 8 heteroatoms. The third-order valence-corrected chi connectivity index (χ3v) is 4.77. The highest BCUT2D eigenvalue weighted by molar-refractivity contribution is 9.10. The number of carbonyl (C=O) groups excluding carboxylic acids is 2. The fraction of sp³-hybridized carbons (Fsp3) is 0.250. The van der Waals surface area contributed by atoms with Crippen LogP contribution >= 0.6 is 27.3 Å². The van der Waals surface area contributed by atoms with Crippen molar-refractivity contribution in [1.82, 2.24) is 10.3 Å². The monoisotopic (exact) mass is 357 g/mol. The number of amides is 1. The zero-order valence-electron chi connectivity index (χ0n) is 10.3. The highest BCUT2D eigenvalue weighted by Crippen LogP contribution is 2.30. The quantitative estimate of drug-likeness (QED) is 0.682. The molecule has 0 saturated heterocycles. The number of nitrogens with two attached hydrogens (primary N) is 1. The number of carbonyl (C=O) groups is 2. The van der Waals surface area contributed by atoms with Gasteiger partial charge in [-0.1, -0.05) is 0 Å². The lowest BCUT2D eigenvalue weighted by Gasteiger charge is -2.19. The van der Waals surface area contributed by atoms with Gasteiger partial charge in [0.25, 0.3) is 5.91 Å². The third kappa shape index (κ3) is 3.04. The first-order chi connectivity index (χ1) is 9.49. The summed E-state index contributed by atoms with van der Waals surface area (Å²) in [4.78, 5) is 27.4. The Hall–Kier alpha value is -1.35. The summed E-state index contributed by atoms with van der Waals surface area (Å²) in [5.41, 5.74) is 4.83. The predicted molar refractivity (Wildman–Crippen MR) is 79.7 cm³/mol. The van der Waals surface area contributed by atoms with E-state index in [4.69, 9.17) is 10.8 Å². The lowest BCUT2D eigenvalue weighted by atomic mass is 10.1. The standard InChI is InChI=1S/C12H12BrN3O3S/c13-7-1-2-15-8-3-9(20-10(7)8)11(19)16-4-12(14,5-17)6-18/h1-3,5,18H,4,6,14H2,(H,16,19)/t12-/m1/s1. The molecule has 2 aromatic rings. The molecule has 0 bridgehead atoms. The van der Waals surface area contributed by atoms with Gasteiger partial charge in [-0.2, -0.15) is 0 Å². The molecule has 0 aliphatic carbocycles. The number of aliphatic hydroxyl groups excluding tert-OH is 1. The average molecular weight is 358 g/mol. The molecule has 0 spiro atoms. The van der Waals surface area contributed by atoms with Crippen LogP contribution in [0.4, 0.5) is 0 Å². The lowest BCUT2D eigenvalue weighted by molar-refractivity contribution is -0.113. The van der Waals surface area contributed by atoms with E-state index in [1.165, 1.54) is 11.3 Å². The molecule has 20 heavy (non-hydrogen) atoms. The molecule has 1 amide bonds. The van der Waals surface area contributed by atoms with Gasteiger partial charge in [-0.05, 0) is 28.1 Å². The molecule has 2 aromatic heterocycles. The second-order valence-corrected chi connectivity index (χ2v) is 6.22. The second kappa shape index (κ2) is 5.96. The predicted octanol–water partition coefficient (Wildman–Crippen LogP) is 0.677. The number of aldehydes is 1. The van der Waals surface area contributed by atoms with Gasteiger partial charge in [-0.25, -0.2) is 0 Å². The van der Waals surface area contributed by atoms with E-state index in [1.807, 2.05) is 0 Å². The lowest BCUT2D eigenvalue weighted by Crippen LogP contribution is -2.54. The number of hydrogen-bond donors (Lipinski definition) is 3. The van der Waals surface area contributed by atoms with Gasteiger partial charge in [0, 0.05) is 17.2 Å². The summed E-state index contributed by atoms with van der Waals surface area (Å²) < 4.78 is 1.73. The van der Waals surface area contributed by atoms with Crippen molar-refractivity contribution in [1.29, 1.82) is 0 Å². The number of rotatable bonds is 5. The van der Waals surface area contributed by atoms with Crippen LogP contribution in [0.15, 0.2) is 22.8 Å². The minimum Gasteiger partial charge on any atom is -0.394 e. The third-order valence-electron chi connectivity index (χ3n) is 2.69. The van der Waals surface area contributed by atoms with Crippen LogP contribution in [0.25, 0.3) is 10.2 Å². The Morgan fingerprint density at radius 1 is 1.65 bits per heavy atom. The SMILES string of the molecule is N[C@](C=O)(CO)CNC(=O)c1cc2nccc(Br)c2s1. The molecule has 0 aliphatic rings. The van der Waals surface area contributed by atoms with Crippen LogP contribution in [-0.2, 0) is 4.79 Å². The number of hydrogen-bond acceptors (Lipinski definition) is 6. The van der Waals surface area contributed by atoms with Crippen LogP contribution in [0, 0.1) is 0 Å². The van der Waals surface area contributed by atoms with Gasteiger partial charge in [-0.15, -0.1) is 11.3 Å². The van der Waals surface area contributed by atoms with Crippen molar-refractivity contribution < 1.29 is 14.7 Å². The first-order valence-corrected chi connectivity index (χ1v) is 7.28. The summed E-state index contributed by atoms with van der Waals surface area (Å²) in [6, 6.07) is 3.46. The van der Waals surface area contributed by atoms with Crippen LogP contribution in [-0.4, -0.2) is 41.0 Å². The van der Waals surface area contributed by atoms with E-state index in [2.05, 4.69) is 26.2 Å². The minimum absolute atomic E-state index is 0.130. The highest BCUT2D eigenvalue weighted by Gasteiger charge is 2.24. The maximum atomic E-state index is 12.0. The molecular formula is C12H12BrN3O3S. The molecule has 0 fully saturated rings. The number of halogens is 1. The zero-order chi connectivity index (χ0) is 14.8. The van der Waals surface area contributed by atoms with Gasteiger partial charge in [0.2, 0.25) is 0 Å².